The van der Waals surface area contributed by atoms with Gasteiger partial charge in [0.25, 0.3) is 5.91 Å². The molecule has 0 bridgehead atoms. The topological polar surface area (TPSA) is 67.9 Å². The molecule has 1 fully saturated rings. The lowest BCUT2D eigenvalue weighted by molar-refractivity contribution is -0.0366. The maximum absolute atomic E-state index is 12.4. The zero-order chi connectivity index (χ0) is 17.5. The van der Waals surface area contributed by atoms with E-state index in [0.717, 1.165) is 4.47 Å². The van der Waals surface area contributed by atoms with Crippen LogP contribution in [0.4, 0.5) is 4.79 Å². The average Bonchev–Trinajstić information content (AvgIpc) is 2.47. The van der Waals surface area contributed by atoms with Gasteiger partial charge in [-0.15, -0.1) is 0 Å². The van der Waals surface area contributed by atoms with Crippen molar-refractivity contribution in [2.45, 2.75) is 44.9 Å². The third-order valence-electron chi connectivity index (χ3n) is 4.06. The van der Waals surface area contributed by atoms with Crippen molar-refractivity contribution in [3.05, 3.63) is 28.2 Å². The number of ether oxygens (including phenoxy) is 2. The number of carbonyl (C=O) groups is 2. The lowest BCUT2D eigenvalue weighted by Crippen LogP contribution is -2.61. The first-order chi connectivity index (χ1) is 11.2. The predicted octanol–water partition coefficient (Wildman–Crippen LogP) is 3.30. The second kappa shape index (κ2) is 5.95. The van der Waals surface area contributed by atoms with Crippen LogP contribution in [-0.2, 0) is 4.74 Å². The van der Waals surface area contributed by atoms with Crippen LogP contribution in [0.1, 0.15) is 44.0 Å². The zero-order valence-corrected chi connectivity index (χ0v) is 15.6. The molecular weight excluding hydrogens is 376 g/mol. The SMILES string of the molecule is CC(C)(C)OC(=O)N1CCC2(CC1)NC(=O)c1cc(Br)ccc1O2. The van der Waals surface area contributed by atoms with Gasteiger partial charge < -0.3 is 19.7 Å². The lowest BCUT2D eigenvalue weighted by atomic mass is 9.97. The van der Waals surface area contributed by atoms with Gasteiger partial charge in [0.1, 0.15) is 11.4 Å². The molecule has 2 aliphatic rings. The molecule has 1 N–H and O–H groups in total. The van der Waals surface area contributed by atoms with Gasteiger partial charge in [0, 0.05) is 30.4 Å². The maximum atomic E-state index is 12.4. The Hall–Kier alpha value is -1.76. The molecule has 0 saturated carbocycles. The number of hydrogen-bond acceptors (Lipinski definition) is 4. The van der Waals surface area contributed by atoms with Crippen LogP contribution < -0.4 is 10.1 Å². The highest BCUT2D eigenvalue weighted by atomic mass is 79.9. The number of carbonyl (C=O) groups excluding carboxylic acids is 2. The van der Waals surface area contributed by atoms with E-state index in [1.54, 1.807) is 17.0 Å². The maximum Gasteiger partial charge on any atom is 0.410 e. The number of amides is 2. The summed E-state index contributed by atoms with van der Waals surface area (Å²) in [5, 5.41) is 2.96. The van der Waals surface area contributed by atoms with Crippen molar-refractivity contribution in [3.8, 4) is 5.75 Å². The molecule has 3 rings (SSSR count). The van der Waals surface area contributed by atoms with Crippen molar-refractivity contribution in [3.63, 3.8) is 0 Å². The molecule has 2 amide bonds. The predicted molar refractivity (Wildman–Crippen MR) is 92.0 cm³/mol. The summed E-state index contributed by atoms with van der Waals surface area (Å²) >= 11 is 3.36. The standard InChI is InChI=1S/C17H21BrN2O4/c1-16(2,3)24-15(22)20-8-6-17(7-9-20)19-14(21)12-10-11(18)4-5-13(12)23-17/h4-5,10H,6-9H2,1-3H3,(H,19,21). The Kier molecular flexibility index (Phi) is 4.23. The zero-order valence-electron chi connectivity index (χ0n) is 14.0. The molecule has 24 heavy (non-hydrogen) atoms. The van der Waals surface area contributed by atoms with Crippen LogP contribution in [0.5, 0.6) is 5.75 Å². The van der Waals surface area contributed by atoms with Crippen LogP contribution in [0.15, 0.2) is 22.7 Å². The summed E-state index contributed by atoms with van der Waals surface area (Å²) in [4.78, 5) is 26.2. The van der Waals surface area contributed by atoms with Gasteiger partial charge in [0.05, 0.1) is 5.56 Å². The number of nitrogens with one attached hydrogen (secondary N) is 1. The molecule has 6 nitrogen and oxygen atoms in total. The van der Waals surface area contributed by atoms with Crippen molar-refractivity contribution < 1.29 is 19.1 Å². The van der Waals surface area contributed by atoms with Crippen molar-refractivity contribution in [2.75, 3.05) is 13.1 Å². The first-order valence-electron chi connectivity index (χ1n) is 7.96. The molecule has 0 atom stereocenters. The molecule has 1 saturated heterocycles. The summed E-state index contributed by atoms with van der Waals surface area (Å²) in [6, 6.07) is 5.38. The van der Waals surface area contributed by atoms with Crippen molar-refractivity contribution in [1.82, 2.24) is 10.2 Å². The van der Waals surface area contributed by atoms with E-state index in [1.807, 2.05) is 26.8 Å². The van der Waals surface area contributed by atoms with Gasteiger partial charge in [0.2, 0.25) is 0 Å². The Morgan fingerprint density at radius 3 is 2.62 bits per heavy atom. The highest BCUT2D eigenvalue weighted by Gasteiger charge is 2.43. The number of fused-ring (bicyclic) bond motifs is 1. The van der Waals surface area contributed by atoms with Crippen LogP contribution in [-0.4, -0.2) is 41.3 Å². The molecule has 0 aromatic heterocycles. The minimum atomic E-state index is -0.754. The van der Waals surface area contributed by atoms with Gasteiger partial charge >= 0.3 is 6.09 Å². The third-order valence-corrected chi connectivity index (χ3v) is 4.55. The molecular formula is C17H21BrN2O4. The van der Waals surface area contributed by atoms with Crippen LogP contribution in [0, 0.1) is 0 Å². The second-order valence-electron chi connectivity index (χ2n) is 7.16. The monoisotopic (exact) mass is 396 g/mol. The fourth-order valence-corrected chi connectivity index (χ4v) is 3.24. The van der Waals surface area contributed by atoms with Crippen LogP contribution in [0.3, 0.4) is 0 Å². The molecule has 7 heteroatoms. The number of likely N-dealkylation sites (tertiary alicyclic amines) is 1. The molecule has 1 aromatic rings. The number of piperidine rings is 1. The van der Waals surface area contributed by atoms with E-state index in [1.165, 1.54) is 0 Å². The van der Waals surface area contributed by atoms with Gasteiger partial charge in [-0.3, -0.25) is 4.79 Å². The number of nitrogens with zero attached hydrogens (tertiary/aromatic N) is 1. The molecule has 0 radical (unpaired) electrons. The van der Waals surface area contributed by atoms with Gasteiger partial charge in [0.15, 0.2) is 5.72 Å². The minimum Gasteiger partial charge on any atom is -0.467 e. The summed E-state index contributed by atoms with van der Waals surface area (Å²) < 4.78 is 12.3. The van der Waals surface area contributed by atoms with Crippen molar-refractivity contribution in [2.24, 2.45) is 0 Å². The van der Waals surface area contributed by atoms with Gasteiger partial charge in [-0.05, 0) is 39.0 Å². The van der Waals surface area contributed by atoms with E-state index in [9.17, 15) is 9.59 Å². The van der Waals surface area contributed by atoms with E-state index in [2.05, 4.69) is 21.2 Å². The summed E-state index contributed by atoms with van der Waals surface area (Å²) in [6.45, 7) is 6.48. The first kappa shape index (κ1) is 17.1. The molecule has 1 spiro atoms. The van der Waals surface area contributed by atoms with Gasteiger partial charge in [-0.1, -0.05) is 15.9 Å². The fourth-order valence-electron chi connectivity index (χ4n) is 2.88. The molecule has 2 heterocycles. The summed E-state index contributed by atoms with van der Waals surface area (Å²) in [5.41, 5.74) is -0.755. The average molecular weight is 397 g/mol. The molecule has 2 aliphatic heterocycles. The smallest absolute Gasteiger partial charge is 0.410 e. The van der Waals surface area contributed by atoms with Crippen LogP contribution in [0.2, 0.25) is 0 Å². The van der Waals surface area contributed by atoms with Gasteiger partial charge in [-0.2, -0.15) is 0 Å². The van der Waals surface area contributed by atoms with E-state index < -0.39 is 11.3 Å². The van der Waals surface area contributed by atoms with E-state index in [4.69, 9.17) is 9.47 Å². The van der Waals surface area contributed by atoms with E-state index in [-0.39, 0.29) is 12.0 Å². The molecule has 0 unspecified atom stereocenters. The Bertz CT molecular complexity index is 676. The number of hydrogen-bond donors (Lipinski definition) is 1. The van der Waals surface area contributed by atoms with E-state index in [0.29, 0.717) is 37.2 Å². The van der Waals surface area contributed by atoms with Crippen LogP contribution >= 0.6 is 15.9 Å². The highest BCUT2D eigenvalue weighted by molar-refractivity contribution is 9.10. The number of rotatable bonds is 0. The van der Waals surface area contributed by atoms with Crippen LogP contribution in [0.25, 0.3) is 0 Å². The third kappa shape index (κ3) is 3.50. The van der Waals surface area contributed by atoms with Gasteiger partial charge in [-0.25, -0.2) is 4.79 Å². The van der Waals surface area contributed by atoms with E-state index >= 15 is 0 Å². The normalized spacial score (nSPS) is 19.3. The van der Waals surface area contributed by atoms with Crippen molar-refractivity contribution >= 4 is 27.9 Å². The highest BCUT2D eigenvalue weighted by Crippen LogP contribution is 2.35. The van der Waals surface area contributed by atoms with Crippen molar-refractivity contribution in [1.29, 1.82) is 0 Å². The minimum absolute atomic E-state index is 0.150. The summed E-state index contributed by atoms with van der Waals surface area (Å²) in [6.07, 6.45) is 0.713. The Labute approximate surface area is 149 Å². The Morgan fingerprint density at radius 1 is 1.33 bits per heavy atom. The largest absolute Gasteiger partial charge is 0.467 e. The molecule has 0 aliphatic carbocycles. The quantitative estimate of drug-likeness (QED) is 0.730. The first-order valence-corrected chi connectivity index (χ1v) is 8.76. The number of halogens is 1. The Morgan fingerprint density at radius 2 is 2.00 bits per heavy atom. The second-order valence-corrected chi connectivity index (χ2v) is 8.07. The molecule has 1 aromatic carbocycles. The Balaban J connectivity index is 1.69. The fraction of sp³-hybridized carbons (Fsp3) is 0.529. The summed E-state index contributed by atoms with van der Waals surface area (Å²) in [5.74, 6) is 0.427. The lowest BCUT2D eigenvalue weighted by Gasteiger charge is -2.44. The summed E-state index contributed by atoms with van der Waals surface area (Å²) in [7, 11) is 0. The molecule has 130 valence electrons. The number of benzene rings is 1.